The maximum Gasteiger partial charge on any atom is 0.225 e. The lowest BCUT2D eigenvalue weighted by atomic mass is 9.84. The van der Waals surface area contributed by atoms with E-state index in [2.05, 4.69) is 9.97 Å². The number of fused-ring (bicyclic) bond motifs is 3. The zero-order valence-electron chi connectivity index (χ0n) is 16.5. The Hall–Kier alpha value is -1.73. The summed E-state index contributed by atoms with van der Waals surface area (Å²) in [7, 11) is 1.77. The molecule has 6 nitrogen and oxygen atoms in total. The van der Waals surface area contributed by atoms with Crippen LogP contribution in [0.1, 0.15) is 67.7 Å². The second kappa shape index (κ2) is 8.74. The SMILES string of the molecule is COCCCC1CCC(Oc2ncnc3sc4c(c23)[C@@H](CC(N)=O)CC4)CC1. The largest absolute Gasteiger partial charge is 0.474 e. The van der Waals surface area contributed by atoms with E-state index in [4.69, 9.17) is 15.2 Å². The predicted octanol–water partition coefficient (Wildman–Crippen LogP) is 3.96. The van der Waals surface area contributed by atoms with Crippen LogP contribution in [0.2, 0.25) is 0 Å². The number of nitrogens with zero attached hydrogens (tertiary/aromatic N) is 2. The van der Waals surface area contributed by atoms with Crippen molar-refractivity contribution in [1.29, 1.82) is 0 Å². The second-order valence-corrected chi connectivity index (χ2v) is 9.18. The van der Waals surface area contributed by atoms with Gasteiger partial charge < -0.3 is 15.2 Å². The van der Waals surface area contributed by atoms with Crippen LogP contribution in [0.5, 0.6) is 5.88 Å². The van der Waals surface area contributed by atoms with Crippen LogP contribution in [0.3, 0.4) is 0 Å². The van der Waals surface area contributed by atoms with Crippen LogP contribution in [0, 0.1) is 5.92 Å². The molecule has 1 amide bonds. The smallest absolute Gasteiger partial charge is 0.225 e. The summed E-state index contributed by atoms with van der Waals surface area (Å²) < 4.78 is 11.6. The van der Waals surface area contributed by atoms with Crippen LogP contribution < -0.4 is 10.5 Å². The number of aryl methyl sites for hydroxylation is 1. The van der Waals surface area contributed by atoms with Crippen molar-refractivity contribution in [1.82, 2.24) is 9.97 Å². The lowest BCUT2D eigenvalue weighted by Crippen LogP contribution is -2.25. The molecule has 7 heteroatoms. The fourth-order valence-electron chi connectivity index (χ4n) is 4.79. The van der Waals surface area contributed by atoms with Gasteiger partial charge in [0.2, 0.25) is 11.8 Å². The van der Waals surface area contributed by atoms with Gasteiger partial charge in [-0.3, -0.25) is 4.79 Å². The molecular weight excluding hydrogens is 374 g/mol. The number of thiophene rings is 1. The number of rotatable bonds is 8. The number of amides is 1. The molecule has 0 saturated heterocycles. The van der Waals surface area contributed by atoms with E-state index >= 15 is 0 Å². The summed E-state index contributed by atoms with van der Waals surface area (Å²) in [5.41, 5.74) is 6.69. The number of ether oxygens (including phenoxy) is 2. The second-order valence-electron chi connectivity index (χ2n) is 8.10. The molecule has 0 radical (unpaired) electrons. The molecule has 4 rings (SSSR count). The maximum absolute atomic E-state index is 11.5. The van der Waals surface area contributed by atoms with E-state index in [9.17, 15) is 4.79 Å². The Morgan fingerprint density at radius 3 is 2.82 bits per heavy atom. The first kappa shape index (κ1) is 19.6. The Labute approximate surface area is 169 Å². The van der Waals surface area contributed by atoms with Crippen molar-refractivity contribution >= 4 is 27.5 Å². The molecule has 0 aliphatic heterocycles. The highest BCUT2D eigenvalue weighted by atomic mass is 32.1. The van der Waals surface area contributed by atoms with E-state index in [0.717, 1.165) is 54.8 Å². The third-order valence-corrected chi connectivity index (χ3v) is 7.35. The summed E-state index contributed by atoms with van der Waals surface area (Å²) in [5, 5.41) is 1.02. The van der Waals surface area contributed by atoms with Gasteiger partial charge in [-0.05, 0) is 68.8 Å². The Balaban J connectivity index is 1.47. The highest BCUT2D eigenvalue weighted by Gasteiger charge is 2.32. The van der Waals surface area contributed by atoms with Gasteiger partial charge in [-0.2, -0.15) is 0 Å². The third-order valence-electron chi connectivity index (χ3n) is 6.18. The third kappa shape index (κ3) is 4.15. The summed E-state index contributed by atoms with van der Waals surface area (Å²) in [5.74, 6) is 1.40. The van der Waals surface area contributed by atoms with Crippen LogP contribution in [0.4, 0.5) is 0 Å². The van der Waals surface area contributed by atoms with Gasteiger partial charge in [-0.1, -0.05) is 0 Å². The molecule has 0 aromatic carbocycles. The Morgan fingerprint density at radius 2 is 2.07 bits per heavy atom. The van der Waals surface area contributed by atoms with Crippen molar-refractivity contribution in [3.63, 3.8) is 0 Å². The summed E-state index contributed by atoms with van der Waals surface area (Å²) in [6, 6.07) is 0. The van der Waals surface area contributed by atoms with E-state index in [1.807, 2.05) is 0 Å². The van der Waals surface area contributed by atoms with Gasteiger partial charge in [0.25, 0.3) is 0 Å². The highest BCUT2D eigenvalue weighted by Crippen LogP contribution is 2.47. The highest BCUT2D eigenvalue weighted by molar-refractivity contribution is 7.19. The maximum atomic E-state index is 11.5. The minimum Gasteiger partial charge on any atom is -0.474 e. The Bertz CT molecular complexity index is 830. The van der Waals surface area contributed by atoms with E-state index in [-0.39, 0.29) is 17.9 Å². The number of primary amides is 1. The molecular formula is C21H29N3O3S. The van der Waals surface area contributed by atoms with E-state index in [1.165, 1.54) is 29.7 Å². The van der Waals surface area contributed by atoms with E-state index < -0.39 is 0 Å². The molecule has 1 fully saturated rings. The van der Waals surface area contributed by atoms with E-state index in [1.54, 1.807) is 24.8 Å². The van der Waals surface area contributed by atoms with Crippen molar-refractivity contribution in [2.45, 2.75) is 69.8 Å². The zero-order valence-corrected chi connectivity index (χ0v) is 17.3. The monoisotopic (exact) mass is 403 g/mol. The van der Waals surface area contributed by atoms with Gasteiger partial charge in [0.05, 0.1) is 5.39 Å². The first-order valence-corrected chi connectivity index (χ1v) is 11.2. The van der Waals surface area contributed by atoms with Crippen molar-refractivity contribution < 1.29 is 14.3 Å². The molecule has 28 heavy (non-hydrogen) atoms. The van der Waals surface area contributed by atoms with Crippen molar-refractivity contribution in [3.8, 4) is 5.88 Å². The van der Waals surface area contributed by atoms with Gasteiger partial charge in [0.15, 0.2) is 0 Å². The average Bonchev–Trinajstić information content (AvgIpc) is 3.23. The van der Waals surface area contributed by atoms with Gasteiger partial charge in [0.1, 0.15) is 17.3 Å². The van der Waals surface area contributed by atoms with Gasteiger partial charge in [-0.25, -0.2) is 9.97 Å². The topological polar surface area (TPSA) is 87.3 Å². The van der Waals surface area contributed by atoms with Crippen molar-refractivity contribution in [2.75, 3.05) is 13.7 Å². The molecule has 0 spiro atoms. The number of carbonyl (C=O) groups is 1. The molecule has 1 saturated carbocycles. The van der Waals surface area contributed by atoms with Gasteiger partial charge >= 0.3 is 0 Å². The molecule has 2 heterocycles. The predicted molar refractivity (Wildman–Crippen MR) is 110 cm³/mol. The molecule has 2 aliphatic carbocycles. The standard InChI is InChI=1S/C21H29N3O3S/c1-26-10-2-3-13-4-7-15(8-5-13)27-20-19-18-14(11-17(22)25)6-9-16(18)28-21(19)24-12-23-20/h12-15H,2-11H2,1H3,(H2,22,25)/t13?,14-,15?/m1/s1. The zero-order chi connectivity index (χ0) is 19.5. The number of hydrogen-bond acceptors (Lipinski definition) is 6. The summed E-state index contributed by atoms with van der Waals surface area (Å²) in [6.07, 6.45) is 11.1. The minimum atomic E-state index is -0.247. The molecule has 2 aliphatic rings. The normalized spacial score (nSPS) is 24.4. The quantitative estimate of drug-likeness (QED) is 0.674. The molecule has 1 atom stereocenters. The summed E-state index contributed by atoms with van der Waals surface area (Å²) >= 11 is 1.71. The summed E-state index contributed by atoms with van der Waals surface area (Å²) in [6.45, 7) is 0.852. The van der Waals surface area contributed by atoms with Crippen molar-refractivity contribution in [2.24, 2.45) is 11.7 Å². The molecule has 2 aromatic rings. The molecule has 2 aromatic heterocycles. The van der Waals surface area contributed by atoms with Crippen LogP contribution in [-0.2, 0) is 16.0 Å². The lowest BCUT2D eigenvalue weighted by molar-refractivity contribution is -0.118. The summed E-state index contributed by atoms with van der Waals surface area (Å²) in [4.78, 5) is 22.7. The lowest BCUT2D eigenvalue weighted by Gasteiger charge is -2.28. The number of hydrogen-bond donors (Lipinski definition) is 1. The number of nitrogens with two attached hydrogens (primary N) is 1. The number of carbonyl (C=O) groups excluding carboxylic acids is 1. The number of aromatic nitrogens is 2. The van der Waals surface area contributed by atoms with Crippen LogP contribution in [0.25, 0.3) is 10.2 Å². The molecule has 2 N–H and O–H groups in total. The van der Waals surface area contributed by atoms with Crippen LogP contribution >= 0.6 is 11.3 Å². The molecule has 152 valence electrons. The minimum absolute atomic E-state index is 0.172. The van der Waals surface area contributed by atoms with Gasteiger partial charge in [-0.15, -0.1) is 11.3 Å². The fraction of sp³-hybridized carbons (Fsp3) is 0.667. The van der Waals surface area contributed by atoms with E-state index in [0.29, 0.717) is 12.3 Å². The molecule has 0 bridgehead atoms. The van der Waals surface area contributed by atoms with Crippen LogP contribution in [-0.4, -0.2) is 35.7 Å². The van der Waals surface area contributed by atoms with Crippen LogP contribution in [0.15, 0.2) is 6.33 Å². The first-order chi connectivity index (χ1) is 13.7. The first-order valence-electron chi connectivity index (χ1n) is 10.4. The fourth-order valence-corrected chi connectivity index (χ4v) is 6.02. The Morgan fingerprint density at radius 1 is 1.25 bits per heavy atom. The number of methoxy groups -OCH3 is 1. The Kier molecular flexibility index (Phi) is 6.11. The van der Waals surface area contributed by atoms with Crippen molar-refractivity contribution in [3.05, 3.63) is 16.8 Å². The average molecular weight is 404 g/mol. The molecule has 0 unspecified atom stereocenters. The van der Waals surface area contributed by atoms with Gasteiger partial charge in [0, 0.05) is 25.0 Å².